The Bertz CT molecular complexity index is 1670. The van der Waals surface area contributed by atoms with Gasteiger partial charge in [-0.1, -0.05) is 12.1 Å². The highest BCUT2D eigenvalue weighted by molar-refractivity contribution is 14.2. The first-order chi connectivity index (χ1) is 18.0. The van der Waals surface area contributed by atoms with Crippen LogP contribution in [0.3, 0.4) is 0 Å². The van der Waals surface area contributed by atoms with E-state index in [0.717, 1.165) is 5.69 Å². The second kappa shape index (κ2) is 9.65. The van der Waals surface area contributed by atoms with Crippen LogP contribution in [0.4, 0.5) is 27.8 Å². The molecule has 0 fully saturated rings. The van der Waals surface area contributed by atoms with E-state index in [-0.39, 0.29) is 35.5 Å². The third-order valence-electron chi connectivity index (χ3n) is 5.57. The minimum Gasteiger partial charge on any atom is -0.382 e. The van der Waals surface area contributed by atoms with Crippen molar-refractivity contribution in [2.45, 2.75) is 18.6 Å². The van der Waals surface area contributed by atoms with Gasteiger partial charge in [-0.3, -0.25) is 9.36 Å². The molecule has 38 heavy (non-hydrogen) atoms. The number of nitrogens with one attached hydrogen (secondary N) is 1. The zero-order valence-corrected chi connectivity index (χ0v) is 21.9. The first-order valence-electron chi connectivity index (χ1n) is 10.5. The summed E-state index contributed by atoms with van der Waals surface area (Å²) in [6.07, 6.45) is -2.58. The number of imidazole rings is 1. The monoisotopic (exact) mass is 661 g/mol. The molecular formula is C21H14F5IN9OP. The fourth-order valence-electron chi connectivity index (χ4n) is 3.65. The molecule has 4 aromatic heterocycles. The number of benzene rings is 1. The van der Waals surface area contributed by atoms with Crippen LogP contribution in [0.2, 0.25) is 0 Å². The van der Waals surface area contributed by atoms with Gasteiger partial charge in [0, 0.05) is 24.0 Å². The largest absolute Gasteiger partial charge is 0.458 e. The molecule has 5 rings (SSSR count). The molecule has 3 N–H and O–H groups in total. The number of amides is 1. The maximum absolute atomic E-state index is 13.9. The van der Waals surface area contributed by atoms with Crippen molar-refractivity contribution in [1.29, 1.82) is 0 Å². The van der Waals surface area contributed by atoms with Crippen molar-refractivity contribution in [1.82, 2.24) is 39.4 Å². The summed E-state index contributed by atoms with van der Waals surface area (Å²) < 4.78 is 69.4. The molecule has 1 amide bonds. The number of hydrogen-bond acceptors (Lipinski definition) is 7. The van der Waals surface area contributed by atoms with Crippen LogP contribution in [0, 0.1) is 0 Å². The average molecular weight is 661 g/mol. The summed E-state index contributed by atoms with van der Waals surface area (Å²) in [4.78, 5) is 28.9. The van der Waals surface area contributed by atoms with Crippen molar-refractivity contribution in [3.63, 3.8) is 0 Å². The highest BCUT2D eigenvalue weighted by Gasteiger charge is 2.59. The Balaban J connectivity index is 1.38. The second-order valence-corrected chi connectivity index (χ2v) is 9.95. The lowest BCUT2D eigenvalue weighted by Crippen LogP contribution is -2.33. The third kappa shape index (κ3) is 4.51. The molecule has 0 aliphatic rings. The summed E-state index contributed by atoms with van der Waals surface area (Å²) in [7, 11) is 0. The molecule has 5 aromatic rings. The Kier molecular flexibility index (Phi) is 6.63. The number of alkyl halides is 5. The molecule has 1 unspecified atom stereocenters. The number of fused-ring (bicyclic) bond motifs is 2. The number of nitrogens with zero attached hydrogens (tertiary/aromatic N) is 7. The van der Waals surface area contributed by atoms with Crippen molar-refractivity contribution in [2.24, 2.45) is 0 Å². The number of carbonyl (C=O) groups is 1. The summed E-state index contributed by atoms with van der Waals surface area (Å²) in [6, 6.07) is 7.60. The van der Waals surface area contributed by atoms with Crippen LogP contribution in [0.5, 0.6) is 0 Å². The Morgan fingerprint density at radius 1 is 1.05 bits per heavy atom. The number of rotatable bonds is 6. The predicted molar refractivity (Wildman–Crippen MR) is 137 cm³/mol. The topological polar surface area (TPSA) is 129 Å². The van der Waals surface area contributed by atoms with Gasteiger partial charge in [-0.15, -0.1) is 0 Å². The van der Waals surface area contributed by atoms with E-state index in [1.165, 1.54) is 10.8 Å². The number of pyridine rings is 1. The van der Waals surface area contributed by atoms with Gasteiger partial charge in [0.25, 0.3) is 5.91 Å². The van der Waals surface area contributed by atoms with Crippen molar-refractivity contribution in [3.8, 4) is 5.69 Å². The standard InChI is InChI=1S/C21H14F5IN9OP/c22-20(23,21(24,25)26)11-5-13-14(34-36(38-27)17(13)29-7-11)19(37)30-6-10-1-3-12(4-2-10)35-9-33-15-16(28)31-8-32-18(15)35/h1-5,7-9,38H,6H2,(H,30,37)(H2,28,31,32). The summed E-state index contributed by atoms with van der Waals surface area (Å²) in [5.74, 6) is -5.65. The highest BCUT2D eigenvalue weighted by Crippen LogP contribution is 2.44. The molecule has 0 spiro atoms. The van der Waals surface area contributed by atoms with E-state index in [9.17, 15) is 26.7 Å². The molecule has 0 saturated carbocycles. The van der Waals surface area contributed by atoms with Crippen LogP contribution in [-0.2, 0) is 12.5 Å². The quantitative estimate of drug-likeness (QED) is 0.156. The lowest BCUT2D eigenvalue weighted by Gasteiger charge is -2.19. The first kappa shape index (κ1) is 26.1. The van der Waals surface area contributed by atoms with Crippen LogP contribution < -0.4 is 11.1 Å². The highest BCUT2D eigenvalue weighted by atomic mass is 127. The van der Waals surface area contributed by atoms with E-state index in [1.54, 1.807) is 35.2 Å². The van der Waals surface area contributed by atoms with Crippen LogP contribution in [0.1, 0.15) is 21.6 Å². The summed E-state index contributed by atoms with van der Waals surface area (Å²) >= 11 is 1.93. The van der Waals surface area contributed by atoms with Crippen molar-refractivity contribution < 1.29 is 26.7 Å². The maximum Gasteiger partial charge on any atom is 0.458 e. The molecule has 0 bridgehead atoms. The number of hydrogen-bond donors (Lipinski definition) is 2. The maximum atomic E-state index is 13.9. The van der Waals surface area contributed by atoms with E-state index < -0.39 is 23.6 Å². The van der Waals surface area contributed by atoms with Crippen molar-refractivity contribution >= 4 is 62.3 Å². The number of nitrogen functional groups attached to an aromatic ring is 1. The minimum absolute atomic E-state index is 0.0194. The van der Waals surface area contributed by atoms with Gasteiger partial charge >= 0.3 is 12.1 Å². The number of nitrogens with two attached hydrogens (primary N) is 1. The normalized spacial score (nSPS) is 12.7. The molecule has 1 aromatic carbocycles. The molecule has 0 saturated heterocycles. The van der Waals surface area contributed by atoms with Gasteiger partial charge in [0.1, 0.15) is 12.7 Å². The summed E-state index contributed by atoms with van der Waals surface area (Å²) in [5.41, 5.74) is 6.52. The molecule has 0 radical (unpaired) electrons. The zero-order valence-electron chi connectivity index (χ0n) is 18.7. The number of halogens is 6. The van der Waals surface area contributed by atoms with Crippen LogP contribution in [0.15, 0.2) is 49.2 Å². The Labute approximate surface area is 224 Å². The molecule has 10 nitrogen and oxygen atoms in total. The van der Waals surface area contributed by atoms with Gasteiger partial charge in [0.2, 0.25) is 0 Å². The van der Waals surface area contributed by atoms with Crippen LogP contribution in [-0.4, -0.2) is 46.1 Å². The number of anilines is 1. The lowest BCUT2D eigenvalue weighted by molar-refractivity contribution is -0.289. The molecular weight excluding hydrogens is 647 g/mol. The molecule has 0 aliphatic carbocycles. The van der Waals surface area contributed by atoms with Crippen LogP contribution in [0.25, 0.3) is 27.9 Å². The SMILES string of the molecule is Nc1ncnc2c1ncn2-c1ccc(CNC(=O)c2nn(PI)c3ncc(C(F)(F)C(F)(F)F)cc23)cc1. The minimum atomic E-state index is -5.82. The van der Waals surface area contributed by atoms with Gasteiger partial charge in [-0.2, -0.15) is 27.1 Å². The molecule has 17 heteroatoms. The Hall–Kier alpha value is -3.53. The molecule has 0 aliphatic heterocycles. The molecule has 196 valence electrons. The Morgan fingerprint density at radius 2 is 1.79 bits per heavy atom. The fraction of sp³-hybridized carbons (Fsp3) is 0.143. The van der Waals surface area contributed by atoms with Crippen molar-refractivity contribution in [3.05, 3.63) is 66.0 Å². The van der Waals surface area contributed by atoms with E-state index in [2.05, 4.69) is 30.4 Å². The van der Waals surface area contributed by atoms with Gasteiger partial charge < -0.3 is 11.1 Å². The van der Waals surface area contributed by atoms with Gasteiger partial charge in [0.05, 0.1) is 11.8 Å². The number of aromatic nitrogens is 7. The Morgan fingerprint density at radius 3 is 2.47 bits per heavy atom. The van der Waals surface area contributed by atoms with Gasteiger partial charge in [0.15, 0.2) is 28.3 Å². The number of carbonyl (C=O) groups excluding carboxylic acids is 1. The van der Waals surface area contributed by atoms with E-state index in [0.29, 0.717) is 29.0 Å². The summed E-state index contributed by atoms with van der Waals surface area (Å²) in [5, 5.41) is 6.48. The van der Waals surface area contributed by atoms with E-state index in [1.807, 2.05) is 22.0 Å². The van der Waals surface area contributed by atoms with Crippen LogP contribution >= 0.6 is 28.4 Å². The third-order valence-corrected chi connectivity index (χ3v) is 7.41. The summed E-state index contributed by atoms with van der Waals surface area (Å²) in [6.45, 7) is 0.0333. The fourth-order valence-corrected chi connectivity index (χ4v) is 5.05. The zero-order chi connectivity index (χ0) is 27.2. The lowest BCUT2D eigenvalue weighted by atomic mass is 10.1. The second-order valence-electron chi connectivity index (χ2n) is 7.91. The average Bonchev–Trinajstić information content (AvgIpc) is 3.49. The smallest absolute Gasteiger partial charge is 0.382 e. The van der Waals surface area contributed by atoms with Crippen molar-refractivity contribution in [2.75, 3.05) is 5.73 Å². The molecule has 4 heterocycles. The van der Waals surface area contributed by atoms with Gasteiger partial charge in [-0.05, 0) is 45.8 Å². The first-order valence-corrected chi connectivity index (χ1v) is 14.6. The molecule has 1 atom stereocenters. The van der Waals surface area contributed by atoms with E-state index in [4.69, 9.17) is 5.73 Å². The van der Waals surface area contributed by atoms with E-state index >= 15 is 0 Å². The van der Waals surface area contributed by atoms with Gasteiger partial charge in [-0.25, -0.2) is 24.4 Å². The predicted octanol–water partition coefficient (Wildman–Crippen LogP) is 4.52.